The zero-order valence-electron chi connectivity index (χ0n) is 59.5. The Labute approximate surface area is 599 Å². The Hall–Kier alpha value is -8.87. The van der Waals surface area contributed by atoms with Crippen molar-refractivity contribution in [2.24, 2.45) is 23.0 Å². The second kappa shape index (κ2) is 33.5. The highest BCUT2D eigenvalue weighted by Crippen LogP contribution is 2.48. The molecule has 4 aliphatic heterocycles. The average Bonchev–Trinajstić information content (AvgIpc) is 1.58. The highest BCUT2D eigenvalue weighted by atomic mass is 35.5. The van der Waals surface area contributed by atoms with Crippen LogP contribution in [0.3, 0.4) is 0 Å². The number of likely N-dealkylation sites (N-methyl/N-ethyl adjacent to an activating group) is 1. The van der Waals surface area contributed by atoms with E-state index in [1.807, 2.05) is 45.1 Å². The van der Waals surface area contributed by atoms with E-state index in [1.54, 1.807) is 36.4 Å². The smallest absolute Gasteiger partial charge is 0.356 e. The highest BCUT2D eigenvalue weighted by Gasteiger charge is 2.63. The average molecular weight is 1460 g/mol. The number of hydrogen-bond donors (Lipinski definition) is 5. The summed E-state index contributed by atoms with van der Waals surface area (Å²) in [4.78, 5) is 133. The van der Waals surface area contributed by atoms with Crippen molar-refractivity contribution in [3.63, 3.8) is 0 Å². The lowest BCUT2D eigenvalue weighted by Crippen LogP contribution is -2.59. The minimum absolute atomic E-state index is 0. The molecule has 6 aliphatic rings. The van der Waals surface area contributed by atoms with E-state index in [0.717, 1.165) is 55.5 Å². The van der Waals surface area contributed by atoms with Crippen LogP contribution in [0.4, 0.5) is 4.79 Å². The van der Waals surface area contributed by atoms with Crippen LogP contribution in [0.5, 0.6) is 23.0 Å². The molecule has 2 saturated carbocycles. The van der Waals surface area contributed by atoms with Crippen molar-refractivity contribution >= 4 is 97.8 Å². The van der Waals surface area contributed by atoms with E-state index in [1.165, 1.54) is 71.6 Å². The molecule has 102 heavy (non-hydrogen) atoms. The molecule has 0 spiro atoms. The molecule has 6 amide bonds. The van der Waals surface area contributed by atoms with E-state index in [0.29, 0.717) is 64.7 Å². The molecule has 4 aromatic rings. The summed E-state index contributed by atoms with van der Waals surface area (Å²) in [5.41, 5.74) is 4.15. The standard InChI is InChI=1S/C40H56N6O11S.C31H38N4O8.ClH/c1-39(2,3)33(23-45(4)58(8,52)53)43-38(51)42-28-15-13-11-9-10-12-14-24-21-40(24,37(50)56-7)44-34(47)31-19-26(22-46(31)35(28)48)57-32-20-30(36(49)55-6)41-29-18-25(54-5)16-17-27(29)32;1-40-19-11-12-21-23(13-19)33-24(29(38)41-2)15-26(21)43-20-14-25-27(36)34-31(30(39)42-3)16-18(31)9-7-5-4-6-8-10-22(32)28(37)35(25)17-20;/h12,14,16-18,20,24,26,28,31,33H,9-11,13,15,19,21-23H2,1-8H3,(H,44,47)(H2,42,43,51);7,9,11-13,15,18,20,22,25H,4-6,8,10,14,16-17,32H2,1-3H3,(H,34,36);1H/b14-12-;9-7-;/t24?,26-,28+,31+,33-,40-;18?,20-,22+,25+,31-;/m11./s1. The number of methoxy groups -OCH3 is 6. The van der Waals surface area contributed by atoms with Crippen molar-refractivity contribution < 1.29 is 89.5 Å². The SMILES string of the molecule is COC(=O)c1cc(O[C@@H]2C[C@H]3C(=O)N[C@]4(C(=O)OC)CC4/C=C\CCCCC[C@H](N)C(=O)N3C2)c2ccc(OC)cc2n1.COC(=O)c1cc(O[C@@H]2C[C@H]3C(=O)N[C@]4(C(=O)OC)CC4/C=C\CCCCC[C@H](NC(=O)N[C@H](CN(C)S(C)(=O)=O)C(C)(C)C)C(=O)N3C2)c2ccc(OC)cc2n1.Cl. The summed E-state index contributed by atoms with van der Waals surface area (Å²) in [6.45, 7) is 5.61. The quantitative estimate of drug-likeness (QED) is 0.0548. The van der Waals surface area contributed by atoms with Crippen LogP contribution in [0.1, 0.15) is 132 Å². The van der Waals surface area contributed by atoms with Crippen LogP contribution in [0.15, 0.2) is 72.8 Å². The van der Waals surface area contributed by atoms with Gasteiger partial charge in [0.2, 0.25) is 33.7 Å². The number of halogens is 1. The van der Waals surface area contributed by atoms with Gasteiger partial charge in [0.15, 0.2) is 11.4 Å². The molecule has 2 aliphatic carbocycles. The Kier molecular flexibility index (Phi) is 25.9. The molecule has 2 unspecified atom stereocenters. The van der Waals surface area contributed by atoms with Gasteiger partial charge in [-0.2, -0.15) is 0 Å². The third-order valence-corrected chi connectivity index (χ3v) is 20.9. The molecule has 11 atom stereocenters. The largest absolute Gasteiger partial charge is 0.497 e. The summed E-state index contributed by atoms with van der Waals surface area (Å²) < 4.78 is 69.3. The molecule has 29 nitrogen and oxygen atoms in total. The van der Waals surface area contributed by atoms with Gasteiger partial charge in [0.25, 0.3) is 0 Å². The summed E-state index contributed by atoms with van der Waals surface area (Å²) in [5, 5.41) is 12.7. The van der Waals surface area contributed by atoms with E-state index in [9.17, 15) is 51.6 Å². The minimum Gasteiger partial charge on any atom is -0.497 e. The van der Waals surface area contributed by atoms with Crippen LogP contribution in [0.25, 0.3) is 21.8 Å². The van der Waals surface area contributed by atoms with Gasteiger partial charge < -0.3 is 74.7 Å². The number of rotatable bonds is 15. The topological polar surface area (TPSA) is 371 Å². The van der Waals surface area contributed by atoms with Crippen molar-refractivity contribution in [3.05, 3.63) is 84.2 Å². The molecule has 6 N–H and O–H groups in total. The van der Waals surface area contributed by atoms with Crippen LogP contribution in [0.2, 0.25) is 0 Å². The summed E-state index contributed by atoms with van der Waals surface area (Å²) in [6.07, 6.45) is 15.5. The van der Waals surface area contributed by atoms with Crippen LogP contribution < -0.4 is 45.9 Å². The second-order valence-electron chi connectivity index (χ2n) is 27.6. The van der Waals surface area contributed by atoms with Crippen molar-refractivity contribution in [3.8, 4) is 23.0 Å². The van der Waals surface area contributed by atoms with Gasteiger partial charge in [-0.3, -0.25) is 19.2 Å². The minimum atomic E-state index is -3.55. The van der Waals surface area contributed by atoms with Crippen LogP contribution in [-0.2, 0) is 57.7 Å². The van der Waals surface area contributed by atoms with Gasteiger partial charge in [-0.15, -0.1) is 12.4 Å². The number of amides is 6. The number of sulfonamides is 1. The number of benzene rings is 2. The van der Waals surface area contributed by atoms with Gasteiger partial charge >= 0.3 is 29.9 Å². The Balaban J connectivity index is 0.000000267. The van der Waals surface area contributed by atoms with Gasteiger partial charge in [-0.1, -0.05) is 70.8 Å². The Morgan fingerprint density at radius 3 is 1.53 bits per heavy atom. The van der Waals surface area contributed by atoms with Gasteiger partial charge in [-0.25, -0.2) is 46.7 Å². The van der Waals surface area contributed by atoms with Crippen molar-refractivity contribution in [1.82, 2.24) is 45.3 Å². The monoisotopic (exact) mass is 1460 g/mol. The first-order valence-electron chi connectivity index (χ1n) is 34.0. The maximum absolute atomic E-state index is 14.7. The molecule has 6 heterocycles. The van der Waals surface area contributed by atoms with Gasteiger partial charge in [0.1, 0.15) is 64.4 Å². The molecular formula is C71H95ClN10O19S. The maximum Gasteiger partial charge on any atom is 0.356 e. The lowest BCUT2D eigenvalue weighted by Gasteiger charge is -2.35. The molecule has 2 aromatic heterocycles. The normalized spacial score (nSPS) is 26.3. The number of nitrogens with zero attached hydrogens (tertiary/aromatic N) is 5. The van der Waals surface area contributed by atoms with E-state index < -0.39 is 117 Å². The molecule has 2 saturated heterocycles. The molecule has 556 valence electrons. The summed E-state index contributed by atoms with van der Waals surface area (Å²) in [7, 11) is 5.95. The summed E-state index contributed by atoms with van der Waals surface area (Å²) in [5.74, 6) is -3.24. The predicted octanol–water partition coefficient (Wildman–Crippen LogP) is 5.62. The molecule has 31 heteroatoms. The predicted molar refractivity (Wildman–Crippen MR) is 376 cm³/mol. The van der Waals surface area contributed by atoms with Gasteiger partial charge in [-0.05, 0) is 81.0 Å². The Morgan fingerprint density at radius 2 is 1.11 bits per heavy atom. The number of ether oxygens (including phenoxy) is 8. The number of pyridine rings is 2. The third kappa shape index (κ3) is 18.3. The van der Waals surface area contributed by atoms with Crippen molar-refractivity contribution in [2.45, 2.75) is 164 Å². The van der Waals surface area contributed by atoms with E-state index in [4.69, 9.17) is 43.6 Å². The van der Waals surface area contributed by atoms with Gasteiger partial charge in [0.05, 0.1) is 79.1 Å². The number of carbonyl (C=O) groups is 9. The van der Waals surface area contributed by atoms with Crippen LogP contribution in [0, 0.1) is 17.3 Å². The number of urea groups is 1. The number of fused-ring (bicyclic) bond motifs is 6. The summed E-state index contributed by atoms with van der Waals surface area (Å²) >= 11 is 0. The fraction of sp³-hybridized carbons (Fsp3) is 0.563. The Morgan fingerprint density at radius 1 is 0.657 bits per heavy atom. The number of allylic oxidation sites excluding steroid dienone is 2. The third-order valence-electron chi connectivity index (χ3n) is 19.6. The molecular weight excluding hydrogens is 1360 g/mol. The van der Waals surface area contributed by atoms with Crippen LogP contribution >= 0.6 is 12.4 Å². The first-order valence-corrected chi connectivity index (χ1v) is 35.8. The molecule has 4 fully saturated rings. The molecule has 0 bridgehead atoms. The van der Waals surface area contributed by atoms with Crippen molar-refractivity contribution in [2.75, 3.05) is 75.6 Å². The molecule has 0 radical (unpaired) electrons. The first-order chi connectivity index (χ1) is 48.0. The van der Waals surface area contributed by atoms with E-state index in [2.05, 4.69) is 31.2 Å². The van der Waals surface area contributed by atoms with E-state index in [-0.39, 0.29) is 86.2 Å². The first kappa shape index (κ1) is 78.8. The zero-order chi connectivity index (χ0) is 73.3. The Bertz CT molecular complexity index is 3980. The lowest BCUT2D eigenvalue weighted by atomic mass is 9.87. The number of aromatic nitrogens is 2. The summed E-state index contributed by atoms with van der Waals surface area (Å²) in [6, 6.07) is 7.97. The fourth-order valence-electron chi connectivity index (χ4n) is 13.4. The fourth-order valence-corrected chi connectivity index (χ4v) is 13.8. The van der Waals surface area contributed by atoms with E-state index >= 15 is 0 Å². The number of hydrogen-bond acceptors (Lipinski definition) is 22. The molecule has 2 aromatic carbocycles. The number of carbonyl (C=O) groups excluding carboxylic acids is 9. The highest BCUT2D eigenvalue weighted by molar-refractivity contribution is 7.88. The number of nitrogens with one attached hydrogen (secondary N) is 4. The van der Waals surface area contributed by atoms with Gasteiger partial charge in [0, 0.05) is 79.3 Å². The van der Waals surface area contributed by atoms with Crippen molar-refractivity contribution in [1.29, 1.82) is 0 Å². The number of esters is 4. The zero-order valence-corrected chi connectivity index (χ0v) is 61.2. The lowest BCUT2D eigenvalue weighted by molar-refractivity contribution is -0.148. The molecule has 10 rings (SSSR count). The van der Waals surface area contributed by atoms with Crippen LogP contribution in [-0.4, -0.2) is 215 Å². The maximum atomic E-state index is 14.7. The number of nitrogens with two attached hydrogens (primary N) is 1. The second-order valence-corrected chi connectivity index (χ2v) is 29.7.